The highest BCUT2D eigenvalue weighted by atomic mass is 35.5. The zero-order chi connectivity index (χ0) is 14.0. The first-order chi connectivity index (χ1) is 8.90. The Morgan fingerprint density at radius 3 is 2.21 bits per heavy atom. The van der Waals surface area contributed by atoms with Gasteiger partial charge in [0.15, 0.2) is 0 Å². The number of hydrogen-bond donors (Lipinski definition) is 2. The van der Waals surface area contributed by atoms with Crippen molar-refractivity contribution in [3.05, 3.63) is 33.8 Å². The van der Waals surface area contributed by atoms with Crippen molar-refractivity contribution in [2.45, 2.75) is 31.2 Å². The Labute approximate surface area is 120 Å². The summed E-state index contributed by atoms with van der Waals surface area (Å²) >= 11 is 11.7. The minimum atomic E-state index is -0.913. The van der Waals surface area contributed by atoms with Crippen molar-refractivity contribution in [1.82, 2.24) is 5.32 Å². The number of rotatable bonds is 4. The summed E-state index contributed by atoms with van der Waals surface area (Å²) in [4.78, 5) is 23.0. The number of carboxylic acid groups (broad SMARTS) is 1. The maximum atomic E-state index is 12.1. The number of hydrogen-bond acceptors (Lipinski definition) is 2. The smallest absolute Gasteiger partial charge is 0.305 e. The van der Waals surface area contributed by atoms with Crippen molar-refractivity contribution in [1.29, 1.82) is 0 Å². The van der Waals surface area contributed by atoms with E-state index in [2.05, 4.69) is 5.32 Å². The minimum Gasteiger partial charge on any atom is -0.481 e. The molecule has 0 heterocycles. The van der Waals surface area contributed by atoms with Crippen LogP contribution in [0.15, 0.2) is 18.2 Å². The van der Waals surface area contributed by atoms with Gasteiger partial charge in [-0.2, -0.15) is 0 Å². The molecule has 1 saturated carbocycles. The van der Waals surface area contributed by atoms with Gasteiger partial charge in [0.05, 0.1) is 12.0 Å². The van der Waals surface area contributed by atoms with Gasteiger partial charge in [-0.15, -0.1) is 0 Å². The molecule has 0 bridgehead atoms. The fraction of sp³-hybridized carbons (Fsp3) is 0.385. The van der Waals surface area contributed by atoms with Gasteiger partial charge >= 0.3 is 5.97 Å². The zero-order valence-corrected chi connectivity index (χ0v) is 11.6. The van der Waals surface area contributed by atoms with E-state index < -0.39 is 11.5 Å². The van der Waals surface area contributed by atoms with Gasteiger partial charge in [0.2, 0.25) is 0 Å². The molecule has 1 aliphatic carbocycles. The third-order valence-electron chi connectivity index (χ3n) is 3.30. The first-order valence-corrected chi connectivity index (χ1v) is 6.66. The molecule has 0 radical (unpaired) electrons. The van der Waals surface area contributed by atoms with Gasteiger partial charge < -0.3 is 10.4 Å². The summed E-state index contributed by atoms with van der Waals surface area (Å²) in [6.45, 7) is 0. The lowest BCUT2D eigenvalue weighted by molar-refractivity contribution is -0.139. The average molecular weight is 302 g/mol. The number of carbonyl (C=O) groups excluding carboxylic acids is 1. The number of nitrogens with one attached hydrogen (secondary N) is 1. The van der Waals surface area contributed by atoms with Gasteiger partial charge in [0.25, 0.3) is 5.91 Å². The molecule has 1 fully saturated rings. The van der Waals surface area contributed by atoms with E-state index in [1.807, 2.05) is 0 Å². The van der Waals surface area contributed by atoms with E-state index in [1.54, 1.807) is 0 Å². The topological polar surface area (TPSA) is 66.4 Å². The first-order valence-electron chi connectivity index (χ1n) is 5.91. The van der Waals surface area contributed by atoms with Gasteiger partial charge in [-0.25, -0.2) is 0 Å². The van der Waals surface area contributed by atoms with Crippen LogP contribution in [0.1, 0.15) is 36.0 Å². The van der Waals surface area contributed by atoms with Crippen molar-refractivity contribution in [2.24, 2.45) is 0 Å². The highest BCUT2D eigenvalue weighted by molar-refractivity contribution is 6.35. The second kappa shape index (κ2) is 5.39. The summed E-state index contributed by atoms with van der Waals surface area (Å²) in [6.07, 6.45) is 2.22. The predicted octanol–water partition coefficient (Wildman–Crippen LogP) is 3.12. The molecule has 102 valence electrons. The van der Waals surface area contributed by atoms with Crippen LogP contribution in [0, 0.1) is 0 Å². The highest BCUT2D eigenvalue weighted by Crippen LogP contribution is 2.35. The van der Waals surface area contributed by atoms with Crippen LogP contribution in [0.5, 0.6) is 0 Å². The normalized spacial score (nSPS) is 16.5. The van der Waals surface area contributed by atoms with Crippen LogP contribution < -0.4 is 5.32 Å². The lowest BCUT2D eigenvalue weighted by atomic mass is 9.74. The summed E-state index contributed by atoms with van der Waals surface area (Å²) < 4.78 is 0. The zero-order valence-electron chi connectivity index (χ0n) is 10.1. The fourth-order valence-electron chi connectivity index (χ4n) is 2.24. The molecule has 1 aliphatic rings. The van der Waals surface area contributed by atoms with Crippen LogP contribution in [0.3, 0.4) is 0 Å². The van der Waals surface area contributed by atoms with Crippen LogP contribution >= 0.6 is 23.2 Å². The molecule has 4 nitrogen and oxygen atoms in total. The third-order valence-corrected chi connectivity index (χ3v) is 3.74. The maximum Gasteiger partial charge on any atom is 0.305 e. The molecule has 0 saturated heterocycles. The lowest BCUT2D eigenvalue weighted by Gasteiger charge is -2.41. The van der Waals surface area contributed by atoms with Crippen molar-refractivity contribution in [2.75, 3.05) is 0 Å². The molecule has 1 aromatic carbocycles. The van der Waals surface area contributed by atoms with Gasteiger partial charge in [0, 0.05) is 15.6 Å². The van der Waals surface area contributed by atoms with Gasteiger partial charge in [-0.3, -0.25) is 9.59 Å². The summed E-state index contributed by atoms with van der Waals surface area (Å²) in [5.41, 5.74) is -0.285. The van der Waals surface area contributed by atoms with Crippen molar-refractivity contribution in [3.63, 3.8) is 0 Å². The van der Waals surface area contributed by atoms with E-state index in [-0.39, 0.29) is 12.3 Å². The number of benzene rings is 1. The number of halogens is 2. The standard InChI is InChI=1S/C13H13Cl2NO3/c14-9-4-8(5-10(15)6-9)12(19)16-13(2-1-3-13)7-11(17)18/h4-6H,1-3,7H2,(H,16,19)(H,17,18). The van der Waals surface area contributed by atoms with Crippen LogP contribution in [0.2, 0.25) is 10.0 Å². The molecule has 2 rings (SSSR count). The average Bonchev–Trinajstić information content (AvgIpc) is 2.23. The molecule has 6 heteroatoms. The van der Waals surface area contributed by atoms with Crippen molar-refractivity contribution < 1.29 is 14.7 Å². The lowest BCUT2D eigenvalue weighted by Crippen LogP contribution is -2.54. The SMILES string of the molecule is O=C(O)CC1(NC(=O)c2cc(Cl)cc(Cl)c2)CCC1. The van der Waals surface area contributed by atoms with E-state index in [9.17, 15) is 9.59 Å². The molecule has 0 spiro atoms. The Morgan fingerprint density at radius 1 is 1.21 bits per heavy atom. The minimum absolute atomic E-state index is 0.0625. The number of amides is 1. The second-order valence-electron chi connectivity index (χ2n) is 4.82. The fourth-order valence-corrected chi connectivity index (χ4v) is 2.76. The predicted molar refractivity (Wildman–Crippen MR) is 72.8 cm³/mol. The van der Waals surface area contributed by atoms with Crippen LogP contribution in [0.4, 0.5) is 0 Å². The molecule has 1 amide bonds. The van der Waals surface area contributed by atoms with E-state index in [4.69, 9.17) is 28.3 Å². The van der Waals surface area contributed by atoms with Gasteiger partial charge in [0.1, 0.15) is 0 Å². The summed E-state index contributed by atoms with van der Waals surface area (Å²) in [6, 6.07) is 4.56. The molecule has 1 aromatic rings. The quantitative estimate of drug-likeness (QED) is 0.898. The molecular formula is C13H13Cl2NO3. The molecule has 0 aromatic heterocycles. The van der Waals surface area contributed by atoms with Crippen molar-refractivity contribution >= 4 is 35.1 Å². The first kappa shape index (κ1) is 14.2. The monoisotopic (exact) mass is 301 g/mol. The number of aliphatic carboxylic acids is 1. The number of carboxylic acids is 1. The molecule has 0 aliphatic heterocycles. The molecule has 2 N–H and O–H groups in total. The Balaban J connectivity index is 2.13. The summed E-state index contributed by atoms with van der Waals surface area (Å²) in [5, 5.41) is 12.4. The van der Waals surface area contributed by atoms with Gasteiger partial charge in [-0.1, -0.05) is 23.2 Å². The Bertz CT molecular complexity index is 506. The number of carbonyl (C=O) groups is 2. The summed E-state index contributed by atoms with van der Waals surface area (Å²) in [7, 11) is 0. The molecule has 0 atom stereocenters. The van der Waals surface area contributed by atoms with E-state index in [0.717, 1.165) is 6.42 Å². The van der Waals surface area contributed by atoms with E-state index in [0.29, 0.717) is 28.5 Å². The molecule has 19 heavy (non-hydrogen) atoms. The Kier molecular flexibility index (Phi) is 4.02. The van der Waals surface area contributed by atoms with Crippen LogP contribution in [0.25, 0.3) is 0 Å². The summed E-state index contributed by atoms with van der Waals surface area (Å²) in [5.74, 6) is -1.26. The molecule has 0 unspecified atom stereocenters. The second-order valence-corrected chi connectivity index (χ2v) is 5.69. The Morgan fingerprint density at radius 2 is 1.79 bits per heavy atom. The largest absolute Gasteiger partial charge is 0.481 e. The third kappa shape index (κ3) is 3.39. The van der Waals surface area contributed by atoms with Crippen LogP contribution in [-0.4, -0.2) is 22.5 Å². The van der Waals surface area contributed by atoms with E-state index in [1.165, 1.54) is 18.2 Å². The maximum absolute atomic E-state index is 12.1. The molecular weight excluding hydrogens is 289 g/mol. The van der Waals surface area contributed by atoms with Crippen LogP contribution in [-0.2, 0) is 4.79 Å². The van der Waals surface area contributed by atoms with Gasteiger partial charge in [-0.05, 0) is 37.5 Å². The highest BCUT2D eigenvalue weighted by Gasteiger charge is 2.40. The Hall–Kier alpha value is -1.26. The van der Waals surface area contributed by atoms with E-state index >= 15 is 0 Å². The van der Waals surface area contributed by atoms with Crippen molar-refractivity contribution in [3.8, 4) is 0 Å².